The van der Waals surface area contributed by atoms with Crippen molar-refractivity contribution in [1.29, 1.82) is 0 Å². The van der Waals surface area contributed by atoms with Crippen LogP contribution in [0.15, 0.2) is 48.7 Å². The van der Waals surface area contributed by atoms with Gasteiger partial charge in [-0.1, -0.05) is 5.21 Å². The second kappa shape index (κ2) is 5.38. The maximum Gasteiger partial charge on any atom is 0.418 e. The molecular weight excluding hydrogens is 314 g/mol. The first kappa shape index (κ1) is 15.0. The number of nitrogens with zero attached hydrogens (tertiary/aromatic N) is 3. The minimum absolute atomic E-state index is 0.0547. The van der Waals surface area contributed by atoms with E-state index in [-0.39, 0.29) is 11.4 Å². The Labute approximate surface area is 127 Å². The number of phenolic OH excluding ortho intramolecular Hbond substituents is 1. The van der Waals surface area contributed by atoms with Crippen LogP contribution < -0.4 is 0 Å². The average Bonchev–Trinajstić information content (AvgIpc) is 2.96. The molecule has 0 saturated heterocycles. The van der Waals surface area contributed by atoms with Crippen LogP contribution in [0.25, 0.3) is 16.9 Å². The van der Waals surface area contributed by atoms with E-state index in [4.69, 9.17) is 0 Å². The molecule has 23 heavy (non-hydrogen) atoms. The first-order valence-electron chi connectivity index (χ1n) is 6.43. The molecule has 1 heterocycles. The zero-order chi connectivity index (χ0) is 16.6. The molecule has 0 atom stereocenters. The maximum atomic E-state index is 13.1. The lowest BCUT2D eigenvalue weighted by Gasteiger charge is -2.12. The van der Waals surface area contributed by atoms with Crippen LogP contribution >= 0.6 is 0 Å². The zero-order valence-electron chi connectivity index (χ0n) is 11.4. The first-order valence-corrected chi connectivity index (χ1v) is 6.43. The Balaban J connectivity index is 2.06. The average molecular weight is 323 g/mol. The number of halogens is 4. The summed E-state index contributed by atoms with van der Waals surface area (Å²) in [5.74, 6) is -0.931. The smallest absolute Gasteiger partial charge is 0.418 e. The second-order valence-corrected chi connectivity index (χ2v) is 4.75. The fourth-order valence-corrected chi connectivity index (χ4v) is 2.08. The molecule has 0 unspecified atom stereocenters. The molecule has 1 N–H and O–H groups in total. The van der Waals surface area contributed by atoms with Gasteiger partial charge in [-0.2, -0.15) is 13.2 Å². The molecular formula is C15H9F4N3O. The summed E-state index contributed by atoms with van der Waals surface area (Å²) in [5, 5.41) is 16.7. The van der Waals surface area contributed by atoms with Crippen molar-refractivity contribution in [2.45, 2.75) is 6.18 Å². The number of aromatic hydroxyl groups is 1. The van der Waals surface area contributed by atoms with Crippen LogP contribution in [0.1, 0.15) is 5.56 Å². The van der Waals surface area contributed by atoms with Crippen molar-refractivity contribution in [2.75, 3.05) is 0 Å². The third kappa shape index (κ3) is 3.01. The fourth-order valence-electron chi connectivity index (χ4n) is 2.08. The zero-order valence-corrected chi connectivity index (χ0v) is 11.4. The minimum atomic E-state index is -4.72. The Hall–Kier alpha value is -2.90. The van der Waals surface area contributed by atoms with Crippen LogP contribution in [0.5, 0.6) is 5.75 Å². The molecule has 0 bridgehead atoms. The highest BCUT2D eigenvalue weighted by Gasteiger charge is 2.34. The highest BCUT2D eigenvalue weighted by Crippen LogP contribution is 2.34. The lowest BCUT2D eigenvalue weighted by atomic mass is 10.1. The fraction of sp³-hybridized carbons (Fsp3) is 0.0667. The van der Waals surface area contributed by atoms with Gasteiger partial charge in [0.1, 0.15) is 17.3 Å². The summed E-state index contributed by atoms with van der Waals surface area (Å²) < 4.78 is 53.2. The molecule has 1 aromatic heterocycles. The molecule has 0 aliphatic heterocycles. The van der Waals surface area contributed by atoms with Crippen LogP contribution in [0.4, 0.5) is 17.6 Å². The second-order valence-electron chi connectivity index (χ2n) is 4.75. The maximum absolute atomic E-state index is 13.1. The van der Waals surface area contributed by atoms with E-state index >= 15 is 0 Å². The van der Waals surface area contributed by atoms with E-state index in [0.29, 0.717) is 17.3 Å². The molecule has 0 radical (unpaired) electrons. The standard InChI is InChI=1S/C15H9F4N3O/c16-10-3-6-14(12(7-10)15(17,18)19)22-8-13(20-21-22)9-1-4-11(23)5-2-9/h1-8,23H. The van der Waals surface area contributed by atoms with Gasteiger partial charge in [0.05, 0.1) is 17.4 Å². The highest BCUT2D eigenvalue weighted by molar-refractivity contribution is 5.59. The Morgan fingerprint density at radius 2 is 1.70 bits per heavy atom. The number of hydrogen-bond donors (Lipinski definition) is 1. The normalized spacial score (nSPS) is 11.7. The molecule has 0 saturated carbocycles. The summed E-state index contributed by atoms with van der Waals surface area (Å²) in [7, 11) is 0. The van der Waals surface area contributed by atoms with Crippen molar-refractivity contribution in [3.05, 3.63) is 60.0 Å². The third-order valence-corrected chi connectivity index (χ3v) is 3.17. The monoisotopic (exact) mass is 323 g/mol. The Kier molecular flexibility index (Phi) is 3.51. The van der Waals surface area contributed by atoms with Gasteiger partial charge in [0.15, 0.2) is 0 Å². The largest absolute Gasteiger partial charge is 0.508 e. The predicted octanol–water partition coefficient (Wildman–Crippen LogP) is 3.80. The molecule has 0 amide bonds. The van der Waals surface area contributed by atoms with E-state index in [0.717, 1.165) is 16.8 Å². The number of phenols is 1. The van der Waals surface area contributed by atoms with E-state index in [1.54, 1.807) is 12.1 Å². The highest BCUT2D eigenvalue weighted by atomic mass is 19.4. The van der Waals surface area contributed by atoms with E-state index in [1.165, 1.54) is 18.3 Å². The van der Waals surface area contributed by atoms with Crippen LogP contribution in [-0.2, 0) is 6.18 Å². The summed E-state index contributed by atoms with van der Waals surface area (Å²) in [5.41, 5.74) is -0.566. The topological polar surface area (TPSA) is 50.9 Å². The molecule has 118 valence electrons. The van der Waals surface area contributed by atoms with Gasteiger partial charge in [-0.3, -0.25) is 0 Å². The van der Waals surface area contributed by atoms with Gasteiger partial charge in [0.25, 0.3) is 0 Å². The molecule has 3 aromatic rings. The van der Waals surface area contributed by atoms with Crippen molar-refractivity contribution in [1.82, 2.24) is 15.0 Å². The van der Waals surface area contributed by atoms with Crippen molar-refractivity contribution in [3.63, 3.8) is 0 Å². The van der Waals surface area contributed by atoms with E-state index in [2.05, 4.69) is 10.3 Å². The van der Waals surface area contributed by atoms with Crippen molar-refractivity contribution in [3.8, 4) is 22.7 Å². The van der Waals surface area contributed by atoms with Gasteiger partial charge < -0.3 is 5.11 Å². The number of benzene rings is 2. The molecule has 3 rings (SSSR count). The lowest BCUT2D eigenvalue weighted by molar-refractivity contribution is -0.137. The van der Waals surface area contributed by atoms with Crippen molar-refractivity contribution in [2.24, 2.45) is 0 Å². The van der Waals surface area contributed by atoms with Gasteiger partial charge in [0, 0.05) is 5.56 Å². The van der Waals surface area contributed by atoms with Gasteiger partial charge in [0.2, 0.25) is 0 Å². The van der Waals surface area contributed by atoms with Crippen molar-refractivity contribution < 1.29 is 22.7 Å². The van der Waals surface area contributed by atoms with Crippen LogP contribution in [0.2, 0.25) is 0 Å². The molecule has 0 fully saturated rings. The molecule has 0 spiro atoms. The number of rotatable bonds is 2. The van der Waals surface area contributed by atoms with Gasteiger partial charge in [-0.25, -0.2) is 9.07 Å². The van der Waals surface area contributed by atoms with Gasteiger partial charge in [-0.15, -0.1) is 5.10 Å². The summed E-state index contributed by atoms with van der Waals surface area (Å²) in [6.45, 7) is 0. The molecule has 4 nitrogen and oxygen atoms in total. The van der Waals surface area contributed by atoms with E-state index in [1.807, 2.05) is 0 Å². The molecule has 2 aromatic carbocycles. The molecule has 0 aliphatic rings. The van der Waals surface area contributed by atoms with Gasteiger partial charge in [-0.05, 0) is 42.5 Å². The number of alkyl halides is 3. The Morgan fingerprint density at radius 3 is 2.35 bits per heavy atom. The first-order chi connectivity index (χ1) is 10.8. The third-order valence-electron chi connectivity index (χ3n) is 3.17. The quantitative estimate of drug-likeness (QED) is 0.730. The summed E-state index contributed by atoms with van der Waals surface area (Å²) in [6.07, 6.45) is -3.42. The number of hydrogen-bond acceptors (Lipinski definition) is 3. The predicted molar refractivity (Wildman–Crippen MR) is 73.4 cm³/mol. The summed E-state index contributed by atoms with van der Waals surface area (Å²) >= 11 is 0. The number of aromatic nitrogens is 3. The van der Waals surface area contributed by atoms with E-state index < -0.39 is 17.6 Å². The van der Waals surface area contributed by atoms with Crippen LogP contribution in [-0.4, -0.2) is 20.1 Å². The van der Waals surface area contributed by atoms with Crippen molar-refractivity contribution >= 4 is 0 Å². The Morgan fingerprint density at radius 1 is 1.00 bits per heavy atom. The van der Waals surface area contributed by atoms with Gasteiger partial charge >= 0.3 is 6.18 Å². The lowest BCUT2D eigenvalue weighted by Crippen LogP contribution is -2.11. The molecule has 8 heteroatoms. The minimum Gasteiger partial charge on any atom is -0.508 e. The summed E-state index contributed by atoms with van der Waals surface area (Å²) in [4.78, 5) is 0. The Bertz CT molecular complexity index is 841. The summed E-state index contributed by atoms with van der Waals surface area (Å²) in [6, 6.07) is 8.29. The molecule has 0 aliphatic carbocycles. The van der Waals surface area contributed by atoms with Crippen LogP contribution in [0, 0.1) is 5.82 Å². The van der Waals surface area contributed by atoms with Crippen LogP contribution in [0.3, 0.4) is 0 Å². The van der Waals surface area contributed by atoms with E-state index in [9.17, 15) is 22.7 Å². The SMILES string of the molecule is Oc1ccc(-c2cn(-c3ccc(F)cc3C(F)(F)F)nn2)cc1.